The van der Waals surface area contributed by atoms with Gasteiger partial charge in [0.15, 0.2) is 0 Å². The summed E-state index contributed by atoms with van der Waals surface area (Å²) in [6.07, 6.45) is 9.30. The molecule has 2 heterocycles. The molecule has 0 saturated heterocycles. The molecule has 0 radical (unpaired) electrons. The molecular formula is C40H75N7O8. The van der Waals surface area contributed by atoms with E-state index in [-0.39, 0.29) is 16.7 Å². The fourth-order valence-corrected chi connectivity index (χ4v) is 4.98. The second kappa shape index (κ2) is 28.8. The highest BCUT2D eigenvalue weighted by atomic mass is 16.5. The number of carbonyl (C=O) groups excluding carboxylic acids is 1. The lowest BCUT2D eigenvalue weighted by atomic mass is 9.90. The Hall–Kier alpha value is -2.53. The smallest absolute Gasteiger partial charge is 0.225 e. The van der Waals surface area contributed by atoms with Crippen LogP contribution in [-0.4, -0.2) is 146 Å². The van der Waals surface area contributed by atoms with Crippen molar-refractivity contribution in [3.63, 3.8) is 0 Å². The zero-order chi connectivity index (χ0) is 40.2. The molecule has 0 aliphatic rings. The van der Waals surface area contributed by atoms with Crippen LogP contribution in [0.1, 0.15) is 92.5 Å². The SMILES string of the molecule is CC(C)CCOCCC(=O)N(CCOCCOCCOCCn1cc(CCC(C)(C)C)nn1)CCOCCOCCOCCn1cc(CCC(C)(C)C)nn1. The first-order chi connectivity index (χ1) is 26.3. The lowest BCUT2D eigenvalue weighted by Crippen LogP contribution is -2.37. The van der Waals surface area contributed by atoms with E-state index >= 15 is 0 Å². The van der Waals surface area contributed by atoms with Crippen molar-refractivity contribution in [3.05, 3.63) is 23.8 Å². The second-order valence-electron chi connectivity index (χ2n) is 16.7. The highest BCUT2D eigenvalue weighted by Gasteiger charge is 2.15. The normalized spacial score (nSPS) is 12.3. The fraction of sp³-hybridized carbons (Fsp3) is 0.875. The molecule has 1 amide bonds. The Bertz CT molecular complexity index is 1150. The first kappa shape index (κ1) is 48.6. The summed E-state index contributed by atoms with van der Waals surface area (Å²) in [4.78, 5) is 14.8. The van der Waals surface area contributed by atoms with Gasteiger partial charge in [0.05, 0.1) is 117 Å². The van der Waals surface area contributed by atoms with Crippen LogP contribution in [0.5, 0.6) is 0 Å². The molecule has 15 heteroatoms. The van der Waals surface area contributed by atoms with E-state index in [2.05, 4.69) is 76.0 Å². The predicted molar refractivity (Wildman–Crippen MR) is 212 cm³/mol. The van der Waals surface area contributed by atoms with Gasteiger partial charge in [0.25, 0.3) is 0 Å². The first-order valence-electron chi connectivity index (χ1n) is 20.4. The van der Waals surface area contributed by atoms with Crippen molar-refractivity contribution in [3.8, 4) is 0 Å². The predicted octanol–water partition coefficient (Wildman–Crippen LogP) is 4.91. The van der Waals surface area contributed by atoms with Gasteiger partial charge in [0, 0.05) is 32.1 Å². The van der Waals surface area contributed by atoms with E-state index in [1.165, 1.54) is 0 Å². The minimum atomic E-state index is 0.0255. The number of carbonyl (C=O) groups is 1. The van der Waals surface area contributed by atoms with Crippen molar-refractivity contribution in [1.29, 1.82) is 0 Å². The highest BCUT2D eigenvalue weighted by Crippen LogP contribution is 2.21. The number of hydrogen-bond acceptors (Lipinski definition) is 12. The second-order valence-corrected chi connectivity index (χ2v) is 16.7. The standard InChI is InChI=1S/C40H75N7O8/c1-35(2)11-19-49-20-12-38(48)45(15-21-50-25-29-54-31-27-52-23-17-46-33-36(41-43-46)9-13-39(3,4)5)16-22-51-26-30-55-32-28-53-24-18-47-34-37(42-44-47)10-14-40(6,7)8/h33-35H,9-32H2,1-8H3. The van der Waals surface area contributed by atoms with E-state index in [1.807, 2.05) is 21.8 Å². The maximum absolute atomic E-state index is 13.0. The number of ether oxygens (including phenoxy) is 7. The van der Waals surface area contributed by atoms with Crippen molar-refractivity contribution < 1.29 is 38.0 Å². The Labute approximate surface area is 331 Å². The summed E-state index contributed by atoms with van der Waals surface area (Å²) >= 11 is 0. The van der Waals surface area contributed by atoms with Crippen LogP contribution in [0.2, 0.25) is 0 Å². The third kappa shape index (κ3) is 27.7. The van der Waals surface area contributed by atoms with Gasteiger partial charge in [0.1, 0.15) is 0 Å². The Kier molecular flexibility index (Phi) is 25.5. The average Bonchev–Trinajstić information content (AvgIpc) is 3.78. The Balaban J connectivity index is 1.51. The average molecular weight is 782 g/mol. The molecule has 0 aromatic carbocycles. The molecule has 0 bridgehead atoms. The summed E-state index contributed by atoms with van der Waals surface area (Å²) in [5.41, 5.74) is 2.59. The molecular weight excluding hydrogens is 706 g/mol. The summed E-state index contributed by atoms with van der Waals surface area (Å²) in [6.45, 7) is 26.7. The number of nitrogens with zero attached hydrogens (tertiary/aromatic N) is 7. The maximum Gasteiger partial charge on any atom is 0.225 e. The van der Waals surface area contributed by atoms with E-state index in [0.29, 0.717) is 131 Å². The highest BCUT2D eigenvalue weighted by molar-refractivity contribution is 5.76. The Morgan fingerprint density at radius 1 is 0.582 bits per heavy atom. The number of aryl methyl sites for hydroxylation is 2. The summed E-state index contributed by atoms with van der Waals surface area (Å²) in [5.74, 6) is 0.594. The fourth-order valence-electron chi connectivity index (χ4n) is 4.98. The molecule has 0 fully saturated rings. The molecule has 0 spiro atoms. The number of aromatic nitrogens is 6. The van der Waals surface area contributed by atoms with Gasteiger partial charge in [-0.2, -0.15) is 0 Å². The summed E-state index contributed by atoms with van der Waals surface area (Å²) in [5, 5.41) is 16.9. The van der Waals surface area contributed by atoms with Gasteiger partial charge < -0.3 is 38.1 Å². The topological polar surface area (TPSA) is 146 Å². The van der Waals surface area contributed by atoms with Crippen LogP contribution in [0.25, 0.3) is 0 Å². The quantitative estimate of drug-likeness (QED) is 0.0890. The molecule has 0 saturated carbocycles. The third-order valence-electron chi connectivity index (χ3n) is 8.52. The Morgan fingerprint density at radius 3 is 1.36 bits per heavy atom. The molecule has 55 heavy (non-hydrogen) atoms. The van der Waals surface area contributed by atoms with Crippen LogP contribution in [0.15, 0.2) is 12.4 Å². The van der Waals surface area contributed by atoms with Crippen LogP contribution in [0.4, 0.5) is 0 Å². The number of amides is 1. The van der Waals surface area contributed by atoms with Gasteiger partial charge >= 0.3 is 0 Å². The lowest BCUT2D eigenvalue weighted by molar-refractivity contribution is -0.134. The minimum absolute atomic E-state index is 0.0255. The largest absolute Gasteiger partial charge is 0.381 e. The van der Waals surface area contributed by atoms with E-state index in [9.17, 15) is 4.79 Å². The first-order valence-corrected chi connectivity index (χ1v) is 20.4. The van der Waals surface area contributed by atoms with Crippen LogP contribution < -0.4 is 0 Å². The van der Waals surface area contributed by atoms with Gasteiger partial charge in [-0.15, -0.1) is 10.2 Å². The molecule has 0 atom stereocenters. The van der Waals surface area contributed by atoms with Crippen molar-refractivity contribution in [2.45, 2.75) is 107 Å². The lowest BCUT2D eigenvalue weighted by Gasteiger charge is -2.23. The van der Waals surface area contributed by atoms with Gasteiger partial charge in [-0.05, 0) is 48.9 Å². The Morgan fingerprint density at radius 2 is 0.964 bits per heavy atom. The monoisotopic (exact) mass is 782 g/mol. The third-order valence-corrected chi connectivity index (χ3v) is 8.52. The molecule has 2 rings (SSSR count). The zero-order valence-corrected chi connectivity index (χ0v) is 35.6. The minimum Gasteiger partial charge on any atom is -0.381 e. The van der Waals surface area contributed by atoms with Crippen molar-refractivity contribution in [1.82, 2.24) is 34.9 Å². The molecule has 15 nitrogen and oxygen atoms in total. The van der Waals surface area contributed by atoms with Crippen molar-refractivity contribution >= 4 is 5.91 Å². The summed E-state index contributed by atoms with van der Waals surface area (Å²) in [7, 11) is 0. The van der Waals surface area contributed by atoms with E-state index < -0.39 is 0 Å². The molecule has 2 aromatic rings. The van der Waals surface area contributed by atoms with Crippen molar-refractivity contribution in [2.24, 2.45) is 16.7 Å². The van der Waals surface area contributed by atoms with E-state index in [1.54, 1.807) is 4.90 Å². The van der Waals surface area contributed by atoms with Gasteiger partial charge in [0.2, 0.25) is 5.91 Å². The molecule has 0 aliphatic heterocycles. The summed E-state index contributed by atoms with van der Waals surface area (Å²) in [6, 6.07) is 0. The van der Waals surface area contributed by atoms with Crippen LogP contribution >= 0.6 is 0 Å². The molecule has 2 aromatic heterocycles. The van der Waals surface area contributed by atoms with Crippen LogP contribution in [0, 0.1) is 16.7 Å². The van der Waals surface area contributed by atoms with Gasteiger partial charge in [-0.25, -0.2) is 9.36 Å². The molecule has 318 valence electrons. The van der Waals surface area contributed by atoms with E-state index in [0.717, 1.165) is 43.5 Å². The van der Waals surface area contributed by atoms with Crippen molar-refractivity contribution in [2.75, 3.05) is 106 Å². The van der Waals surface area contributed by atoms with Crippen LogP contribution in [-0.2, 0) is 63.9 Å². The zero-order valence-electron chi connectivity index (χ0n) is 35.6. The van der Waals surface area contributed by atoms with Crippen LogP contribution in [0.3, 0.4) is 0 Å². The molecule has 0 aliphatic carbocycles. The molecule has 0 unspecified atom stereocenters. The van der Waals surface area contributed by atoms with E-state index in [4.69, 9.17) is 33.2 Å². The molecule has 0 N–H and O–H groups in total. The number of hydrogen-bond donors (Lipinski definition) is 0. The number of rotatable bonds is 34. The summed E-state index contributed by atoms with van der Waals surface area (Å²) < 4.78 is 43.5. The maximum atomic E-state index is 13.0. The van der Waals surface area contributed by atoms with Gasteiger partial charge in [-0.3, -0.25) is 4.79 Å². The van der Waals surface area contributed by atoms with Gasteiger partial charge in [-0.1, -0.05) is 65.8 Å².